The van der Waals surface area contributed by atoms with Crippen molar-refractivity contribution in [3.63, 3.8) is 0 Å². The molecule has 1 fully saturated rings. The normalized spacial score (nSPS) is 29.8. The maximum Gasteiger partial charge on any atom is 0.166 e. The van der Waals surface area contributed by atoms with Crippen LogP contribution < -0.4 is 10.6 Å². The number of rotatable bonds is 4. The zero-order valence-electron chi connectivity index (χ0n) is 10.9. The van der Waals surface area contributed by atoms with Crippen LogP contribution >= 0.6 is 12.2 Å². The molecule has 3 heteroatoms. The third kappa shape index (κ3) is 4.28. The van der Waals surface area contributed by atoms with Crippen molar-refractivity contribution in [2.45, 2.75) is 58.9 Å². The van der Waals surface area contributed by atoms with Crippen LogP contribution in [0.15, 0.2) is 0 Å². The van der Waals surface area contributed by atoms with Crippen molar-refractivity contribution in [1.29, 1.82) is 0 Å². The highest BCUT2D eigenvalue weighted by atomic mass is 32.1. The molecule has 1 aliphatic carbocycles. The second-order valence-corrected chi connectivity index (χ2v) is 5.54. The van der Waals surface area contributed by atoms with Crippen LogP contribution in [0.5, 0.6) is 0 Å². The number of hydrogen-bond donors (Lipinski definition) is 2. The molecular weight excluding hydrogens is 216 g/mol. The quantitative estimate of drug-likeness (QED) is 0.585. The van der Waals surface area contributed by atoms with Gasteiger partial charge in [0.1, 0.15) is 0 Å². The van der Waals surface area contributed by atoms with Gasteiger partial charge in [-0.25, -0.2) is 0 Å². The summed E-state index contributed by atoms with van der Waals surface area (Å²) >= 11 is 5.32. The summed E-state index contributed by atoms with van der Waals surface area (Å²) in [6.45, 7) is 7.89. The molecule has 0 unspecified atom stereocenters. The van der Waals surface area contributed by atoms with Gasteiger partial charge in [-0.15, -0.1) is 0 Å². The molecule has 0 aromatic rings. The Balaban J connectivity index is 2.26. The summed E-state index contributed by atoms with van der Waals surface area (Å²) in [7, 11) is 0. The van der Waals surface area contributed by atoms with Crippen molar-refractivity contribution in [3.05, 3.63) is 0 Å². The number of nitrogens with one attached hydrogen (secondary N) is 2. The van der Waals surface area contributed by atoms with Crippen LogP contribution in [0.1, 0.15) is 52.9 Å². The molecular formula is C13H26N2S. The summed E-state index contributed by atoms with van der Waals surface area (Å²) < 4.78 is 0. The molecule has 3 atom stereocenters. The molecule has 0 heterocycles. The smallest absolute Gasteiger partial charge is 0.166 e. The zero-order chi connectivity index (χ0) is 12.0. The lowest BCUT2D eigenvalue weighted by molar-refractivity contribution is 0.224. The van der Waals surface area contributed by atoms with Crippen molar-refractivity contribution in [3.8, 4) is 0 Å². The number of thiocarbonyl (C=S) groups is 1. The molecule has 0 spiro atoms. The fraction of sp³-hybridized carbons (Fsp3) is 0.923. The van der Waals surface area contributed by atoms with Crippen LogP contribution in [0.25, 0.3) is 0 Å². The monoisotopic (exact) mass is 242 g/mol. The van der Waals surface area contributed by atoms with E-state index in [0.717, 1.165) is 23.5 Å². The van der Waals surface area contributed by atoms with E-state index in [1.165, 1.54) is 32.1 Å². The highest BCUT2D eigenvalue weighted by Gasteiger charge is 2.27. The van der Waals surface area contributed by atoms with E-state index in [9.17, 15) is 0 Å². The third-order valence-corrected chi connectivity index (χ3v) is 4.10. The molecule has 0 aromatic heterocycles. The molecule has 16 heavy (non-hydrogen) atoms. The summed E-state index contributed by atoms with van der Waals surface area (Å²) in [5, 5.41) is 7.61. The van der Waals surface area contributed by atoms with Gasteiger partial charge in [0.2, 0.25) is 0 Å². The number of unbranched alkanes of at least 4 members (excludes halogenated alkanes) is 1. The van der Waals surface area contributed by atoms with Gasteiger partial charge in [0.15, 0.2) is 5.11 Å². The van der Waals surface area contributed by atoms with Gasteiger partial charge in [0.25, 0.3) is 0 Å². The Morgan fingerprint density at radius 1 is 1.31 bits per heavy atom. The highest BCUT2D eigenvalue weighted by molar-refractivity contribution is 7.80. The van der Waals surface area contributed by atoms with E-state index in [4.69, 9.17) is 12.2 Å². The van der Waals surface area contributed by atoms with E-state index in [2.05, 4.69) is 31.4 Å². The maximum atomic E-state index is 5.32. The lowest BCUT2D eigenvalue weighted by Gasteiger charge is -2.35. The molecule has 0 amide bonds. The van der Waals surface area contributed by atoms with Crippen molar-refractivity contribution in [2.75, 3.05) is 6.54 Å². The molecule has 2 N–H and O–H groups in total. The lowest BCUT2D eigenvalue weighted by Crippen LogP contribution is -2.47. The van der Waals surface area contributed by atoms with Crippen molar-refractivity contribution < 1.29 is 0 Å². The van der Waals surface area contributed by atoms with Crippen molar-refractivity contribution >= 4 is 17.3 Å². The first-order valence-corrected chi connectivity index (χ1v) is 7.10. The van der Waals surface area contributed by atoms with Crippen molar-refractivity contribution in [2.24, 2.45) is 11.8 Å². The van der Waals surface area contributed by atoms with E-state index >= 15 is 0 Å². The maximum absolute atomic E-state index is 5.32. The van der Waals surface area contributed by atoms with Crippen LogP contribution in [-0.4, -0.2) is 17.7 Å². The van der Waals surface area contributed by atoms with Gasteiger partial charge < -0.3 is 10.6 Å². The Morgan fingerprint density at radius 3 is 2.75 bits per heavy atom. The Kier molecular flexibility index (Phi) is 6.10. The van der Waals surface area contributed by atoms with Gasteiger partial charge in [-0.1, -0.05) is 40.0 Å². The van der Waals surface area contributed by atoms with Gasteiger partial charge in [0, 0.05) is 12.6 Å². The minimum atomic E-state index is 0.574. The van der Waals surface area contributed by atoms with E-state index < -0.39 is 0 Å². The molecule has 1 rings (SSSR count). The minimum Gasteiger partial charge on any atom is -0.363 e. The zero-order valence-corrected chi connectivity index (χ0v) is 11.7. The first kappa shape index (κ1) is 13.8. The highest BCUT2D eigenvalue weighted by Crippen LogP contribution is 2.29. The Labute approximate surface area is 106 Å². The largest absolute Gasteiger partial charge is 0.363 e. The second-order valence-electron chi connectivity index (χ2n) is 5.13. The molecule has 2 nitrogen and oxygen atoms in total. The summed E-state index contributed by atoms with van der Waals surface area (Å²) in [6.07, 6.45) is 6.38. The predicted molar refractivity (Wildman–Crippen MR) is 74.6 cm³/mol. The van der Waals surface area contributed by atoms with Gasteiger partial charge in [0.05, 0.1) is 0 Å². The first-order chi connectivity index (χ1) is 7.65. The number of hydrogen-bond acceptors (Lipinski definition) is 1. The van der Waals surface area contributed by atoms with Crippen LogP contribution in [0, 0.1) is 11.8 Å². The van der Waals surface area contributed by atoms with Gasteiger partial charge in [-0.05, 0) is 36.9 Å². The lowest BCUT2D eigenvalue weighted by atomic mass is 9.78. The standard InChI is InChI=1S/C13H26N2S/c1-4-5-9-14-13(16)15-12-8-6-7-10(2)11(12)3/h10-12H,4-9H2,1-3H3,(H2,14,15,16)/t10-,11-,12+/m0/s1. The SMILES string of the molecule is CCCCNC(=S)N[C@@H]1CCC[C@H](C)[C@@H]1C. The molecule has 1 aliphatic rings. The van der Waals surface area contributed by atoms with Gasteiger partial charge in [-0.2, -0.15) is 0 Å². The van der Waals surface area contributed by atoms with Crippen molar-refractivity contribution in [1.82, 2.24) is 10.6 Å². The summed E-state index contributed by atoms with van der Waals surface area (Å²) in [4.78, 5) is 0. The van der Waals surface area contributed by atoms with Gasteiger partial charge in [-0.3, -0.25) is 0 Å². The van der Waals surface area contributed by atoms with E-state index in [-0.39, 0.29) is 0 Å². The molecule has 94 valence electrons. The minimum absolute atomic E-state index is 0.574. The van der Waals surface area contributed by atoms with Crippen LogP contribution in [0.3, 0.4) is 0 Å². The Morgan fingerprint density at radius 2 is 2.06 bits per heavy atom. The average Bonchev–Trinajstić information content (AvgIpc) is 2.25. The van der Waals surface area contributed by atoms with Crippen LogP contribution in [0.4, 0.5) is 0 Å². The fourth-order valence-electron chi connectivity index (χ4n) is 2.38. The molecule has 0 aromatic carbocycles. The second kappa shape index (κ2) is 7.10. The third-order valence-electron chi connectivity index (χ3n) is 3.84. The predicted octanol–water partition coefficient (Wildman–Crippen LogP) is 3.08. The van der Waals surface area contributed by atoms with Crippen LogP contribution in [-0.2, 0) is 0 Å². The van der Waals surface area contributed by atoms with Crippen LogP contribution in [0.2, 0.25) is 0 Å². The van der Waals surface area contributed by atoms with E-state index in [1.807, 2.05) is 0 Å². The van der Waals surface area contributed by atoms with E-state index in [1.54, 1.807) is 0 Å². The first-order valence-electron chi connectivity index (χ1n) is 6.69. The summed E-state index contributed by atoms with van der Waals surface area (Å²) in [5.74, 6) is 1.56. The molecule has 0 aliphatic heterocycles. The molecule has 0 bridgehead atoms. The molecule has 0 saturated heterocycles. The molecule has 1 saturated carbocycles. The van der Waals surface area contributed by atoms with E-state index in [0.29, 0.717) is 6.04 Å². The summed E-state index contributed by atoms with van der Waals surface area (Å²) in [5.41, 5.74) is 0. The topological polar surface area (TPSA) is 24.1 Å². The van der Waals surface area contributed by atoms with Gasteiger partial charge >= 0.3 is 0 Å². The Bertz CT molecular complexity index is 218. The summed E-state index contributed by atoms with van der Waals surface area (Å²) in [6, 6.07) is 0.574. The molecule has 0 radical (unpaired) electrons. The fourth-order valence-corrected chi connectivity index (χ4v) is 2.64. The average molecular weight is 242 g/mol. The Hall–Kier alpha value is -0.310.